The van der Waals surface area contributed by atoms with E-state index in [4.69, 9.17) is 9.84 Å². The van der Waals surface area contributed by atoms with Gasteiger partial charge in [-0.1, -0.05) is 20.3 Å². The predicted octanol–water partition coefficient (Wildman–Crippen LogP) is 1.74. The average molecular weight is 188 g/mol. The van der Waals surface area contributed by atoms with Gasteiger partial charge in [0.1, 0.15) is 0 Å². The summed E-state index contributed by atoms with van der Waals surface area (Å²) < 4.78 is 4.98. The molecule has 0 bridgehead atoms. The summed E-state index contributed by atoms with van der Waals surface area (Å²) in [5, 5.41) is 8.54. The second-order valence-corrected chi connectivity index (χ2v) is 3.29. The van der Waals surface area contributed by atoms with Crippen molar-refractivity contribution < 1.29 is 14.6 Å². The van der Waals surface area contributed by atoms with Crippen LogP contribution in [0.3, 0.4) is 0 Å². The number of hydrogen-bond donors (Lipinski definition) is 1. The smallest absolute Gasteiger partial charge is 0.308 e. The number of carbonyl (C=O) groups excluding carboxylic acids is 1. The summed E-state index contributed by atoms with van der Waals surface area (Å²) in [5.41, 5.74) is 0. The van der Waals surface area contributed by atoms with Crippen molar-refractivity contribution in [2.24, 2.45) is 5.92 Å². The summed E-state index contributed by atoms with van der Waals surface area (Å²) in [7, 11) is 0. The van der Waals surface area contributed by atoms with Crippen LogP contribution in [0.4, 0.5) is 0 Å². The first-order valence-electron chi connectivity index (χ1n) is 4.99. The molecule has 3 heteroatoms. The Bertz CT molecular complexity index is 134. The number of unbranched alkanes of at least 4 members (excludes halogenated alkanes) is 1. The van der Waals surface area contributed by atoms with Crippen molar-refractivity contribution in [3.8, 4) is 0 Å². The molecule has 1 unspecified atom stereocenters. The molecule has 0 aliphatic heterocycles. The normalized spacial score (nSPS) is 12.5. The van der Waals surface area contributed by atoms with E-state index in [9.17, 15) is 4.79 Å². The van der Waals surface area contributed by atoms with Gasteiger partial charge in [-0.15, -0.1) is 0 Å². The number of aliphatic hydroxyl groups is 1. The molecule has 0 spiro atoms. The van der Waals surface area contributed by atoms with E-state index in [0.29, 0.717) is 6.61 Å². The van der Waals surface area contributed by atoms with Crippen LogP contribution in [0, 0.1) is 5.92 Å². The van der Waals surface area contributed by atoms with Gasteiger partial charge < -0.3 is 9.84 Å². The third kappa shape index (κ3) is 6.58. The zero-order chi connectivity index (χ0) is 10.1. The Morgan fingerprint density at radius 1 is 1.46 bits per heavy atom. The maximum Gasteiger partial charge on any atom is 0.308 e. The number of rotatable bonds is 7. The summed E-state index contributed by atoms with van der Waals surface area (Å²) in [6.07, 6.45) is 3.34. The molecule has 0 fully saturated rings. The fourth-order valence-corrected chi connectivity index (χ4v) is 1.03. The standard InChI is InChI=1S/C10H20O3/c1-3-8-13-10(12)9(2)6-4-5-7-11/h9,11H,3-8H2,1-2H3. The van der Waals surface area contributed by atoms with Gasteiger partial charge in [0.05, 0.1) is 12.5 Å². The van der Waals surface area contributed by atoms with E-state index in [1.165, 1.54) is 0 Å². The maximum atomic E-state index is 11.2. The van der Waals surface area contributed by atoms with E-state index in [0.717, 1.165) is 25.7 Å². The largest absolute Gasteiger partial charge is 0.465 e. The molecule has 1 N–H and O–H groups in total. The molecule has 0 aromatic heterocycles. The molecule has 0 aromatic rings. The number of esters is 1. The van der Waals surface area contributed by atoms with Gasteiger partial charge in [0.2, 0.25) is 0 Å². The number of hydrogen-bond acceptors (Lipinski definition) is 3. The molecule has 0 aliphatic rings. The predicted molar refractivity (Wildman–Crippen MR) is 51.4 cm³/mol. The summed E-state index contributed by atoms with van der Waals surface area (Å²) in [5.74, 6) is -0.141. The van der Waals surface area contributed by atoms with Gasteiger partial charge in [-0.3, -0.25) is 4.79 Å². The summed E-state index contributed by atoms with van der Waals surface area (Å²) in [6.45, 7) is 4.57. The first-order chi connectivity index (χ1) is 6.22. The summed E-state index contributed by atoms with van der Waals surface area (Å²) >= 11 is 0. The average Bonchev–Trinajstić information content (AvgIpc) is 2.14. The van der Waals surface area contributed by atoms with E-state index in [1.54, 1.807) is 0 Å². The van der Waals surface area contributed by atoms with Crippen molar-refractivity contribution in [3.05, 3.63) is 0 Å². The van der Waals surface area contributed by atoms with Gasteiger partial charge in [0, 0.05) is 6.61 Å². The number of ether oxygens (including phenoxy) is 1. The van der Waals surface area contributed by atoms with E-state index < -0.39 is 0 Å². The molecule has 0 aliphatic carbocycles. The fraction of sp³-hybridized carbons (Fsp3) is 0.900. The number of carbonyl (C=O) groups is 1. The molecule has 0 amide bonds. The minimum atomic E-state index is -0.111. The van der Waals surface area contributed by atoms with Crippen molar-refractivity contribution in [3.63, 3.8) is 0 Å². The molecular weight excluding hydrogens is 168 g/mol. The van der Waals surface area contributed by atoms with Crippen LogP contribution in [-0.4, -0.2) is 24.3 Å². The second-order valence-electron chi connectivity index (χ2n) is 3.29. The number of aliphatic hydroxyl groups excluding tert-OH is 1. The van der Waals surface area contributed by atoms with E-state index in [1.807, 2.05) is 13.8 Å². The molecular formula is C10H20O3. The molecule has 78 valence electrons. The van der Waals surface area contributed by atoms with Gasteiger partial charge in [-0.25, -0.2) is 0 Å². The van der Waals surface area contributed by atoms with Crippen LogP contribution in [0.15, 0.2) is 0 Å². The topological polar surface area (TPSA) is 46.5 Å². The molecule has 0 rings (SSSR count). The van der Waals surface area contributed by atoms with E-state index in [2.05, 4.69) is 0 Å². The highest BCUT2D eigenvalue weighted by molar-refractivity contribution is 5.71. The Labute approximate surface area is 80.1 Å². The van der Waals surface area contributed by atoms with Gasteiger partial charge in [-0.05, 0) is 19.3 Å². The van der Waals surface area contributed by atoms with Crippen LogP contribution < -0.4 is 0 Å². The Balaban J connectivity index is 3.45. The maximum absolute atomic E-state index is 11.2. The van der Waals surface area contributed by atoms with Crippen molar-refractivity contribution in [1.82, 2.24) is 0 Å². The molecule has 0 saturated carbocycles. The quantitative estimate of drug-likeness (QED) is 0.489. The molecule has 0 radical (unpaired) electrons. The van der Waals surface area contributed by atoms with Crippen molar-refractivity contribution in [2.45, 2.75) is 39.5 Å². The molecule has 13 heavy (non-hydrogen) atoms. The van der Waals surface area contributed by atoms with Crippen molar-refractivity contribution >= 4 is 5.97 Å². The molecule has 0 aromatic carbocycles. The summed E-state index contributed by atoms with van der Waals surface area (Å²) in [4.78, 5) is 11.2. The van der Waals surface area contributed by atoms with Crippen LogP contribution in [0.1, 0.15) is 39.5 Å². The zero-order valence-corrected chi connectivity index (χ0v) is 8.58. The zero-order valence-electron chi connectivity index (χ0n) is 8.58. The Hall–Kier alpha value is -0.570. The fourth-order valence-electron chi connectivity index (χ4n) is 1.03. The van der Waals surface area contributed by atoms with Gasteiger partial charge in [-0.2, -0.15) is 0 Å². The third-order valence-corrected chi connectivity index (χ3v) is 1.90. The monoisotopic (exact) mass is 188 g/mol. The Kier molecular flexibility index (Phi) is 7.69. The van der Waals surface area contributed by atoms with E-state index in [-0.39, 0.29) is 18.5 Å². The minimum absolute atomic E-state index is 0.0295. The van der Waals surface area contributed by atoms with Crippen LogP contribution in [0.2, 0.25) is 0 Å². The van der Waals surface area contributed by atoms with Crippen LogP contribution >= 0.6 is 0 Å². The van der Waals surface area contributed by atoms with Gasteiger partial charge in [0.15, 0.2) is 0 Å². The summed E-state index contributed by atoms with van der Waals surface area (Å²) in [6, 6.07) is 0. The lowest BCUT2D eigenvalue weighted by molar-refractivity contribution is -0.148. The Morgan fingerprint density at radius 3 is 2.69 bits per heavy atom. The molecule has 3 nitrogen and oxygen atoms in total. The Morgan fingerprint density at radius 2 is 2.15 bits per heavy atom. The van der Waals surface area contributed by atoms with Gasteiger partial charge in [0.25, 0.3) is 0 Å². The third-order valence-electron chi connectivity index (χ3n) is 1.90. The molecule has 0 saturated heterocycles. The highest BCUT2D eigenvalue weighted by atomic mass is 16.5. The highest BCUT2D eigenvalue weighted by Gasteiger charge is 2.12. The lowest BCUT2D eigenvalue weighted by atomic mass is 10.0. The first-order valence-corrected chi connectivity index (χ1v) is 4.99. The second kappa shape index (κ2) is 8.05. The van der Waals surface area contributed by atoms with Crippen molar-refractivity contribution in [1.29, 1.82) is 0 Å². The first kappa shape index (κ1) is 12.4. The van der Waals surface area contributed by atoms with Crippen molar-refractivity contribution in [2.75, 3.05) is 13.2 Å². The van der Waals surface area contributed by atoms with Crippen LogP contribution in [-0.2, 0) is 9.53 Å². The van der Waals surface area contributed by atoms with E-state index >= 15 is 0 Å². The SMILES string of the molecule is CCCOC(=O)C(C)CCCCO. The van der Waals surface area contributed by atoms with Gasteiger partial charge >= 0.3 is 5.97 Å². The lowest BCUT2D eigenvalue weighted by Gasteiger charge is -2.09. The van der Waals surface area contributed by atoms with Crippen LogP contribution in [0.25, 0.3) is 0 Å². The molecule has 0 heterocycles. The molecule has 1 atom stereocenters. The lowest BCUT2D eigenvalue weighted by Crippen LogP contribution is -2.15. The minimum Gasteiger partial charge on any atom is -0.465 e. The van der Waals surface area contributed by atoms with Crippen LogP contribution in [0.5, 0.6) is 0 Å². The highest BCUT2D eigenvalue weighted by Crippen LogP contribution is 2.09.